The van der Waals surface area contributed by atoms with Crippen molar-refractivity contribution in [2.75, 3.05) is 6.54 Å². The number of hydrogen-bond donors (Lipinski definition) is 2. The van der Waals surface area contributed by atoms with E-state index in [4.69, 9.17) is 15.6 Å². The number of hydrogen-bond acceptors (Lipinski definition) is 4. The van der Waals surface area contributed by atoms with Gasteiger partial charge in [0.15, 0.2) is 6.10 Å². The predicted octanol–water partition coefficient (Wildman–Crippen LogP) is -0.106. The first kappa shape index (κ1) is 11.4. The van der Waals surface area contributed by atoms with E-state index < -0.39 is 12.1 Å². The van der Waals surface area contributed by atoms with Crippen LogP contribution in [0, 0.1) is 5.92 Å². The first-order valence-electron chi connectivity index (χ1n) is 4.07. The van der Waals surface area contributed by atoms with Crippen LogP contribution in [0.1, 0.15) is 20.8 Å². The molecule has 4 heteroatoms. The Morgan fingerprint density at radius 3 is 2.33 bits per heavy atom. The SMILES string of the molecule is CC(C)C(C)OC(=O)C(O)CN. The van der Waals surface area contributed by atoms with Gasteiger partial charge in [-0.05, 0) is 12.8 Å². The first-order valence-corrected chi connectivity index (χ1v) is 4.07. The van der Waals surface area contributed by atoms with Crippen LogP contribution in [0.15, 0.2) is 0 Å². The molecule has 0 fully saturated rings. The molecule has 3 N–H and O–H groups in total. The monoisotopic (exact) mass is 175 g/mol. The molecule has 0 aromatic rings. The third-order valence-corrected chi connectivity index (χ3v) is 1.74. The second-order valence-electron chi connectivity index (χ2n) is 3.14. The average molecular weight is 175 g/mol. The normalized spacial score (nSPS) is 15.8. The lowest BCUT2D eigenvalue weighted by Crippen LogP contribution is -2.34. The standard InChI is InChI=1S/C8H17NO3/c1-5(2)6(3)12-8(11)7(10)4-9/h5-7,10H,4,9H2,1-3H3. The maximum Gasteiger partial charge on any atom is 0.336 e. The molecule has 0 saturated heterocycles. The molecule has 4 nitrogen and oxygen atoms in total. The van der Waals surface area contributed by atoms with E-state index in [1.807, 2.05) is 13.8 Å². The van der Waals surface area contributed by atoms with Crippen LogP contribution in [0.5, 0.6) is 0 Å². The number of ether oxygens (including phenoxy) is 1. The van der Waals surface area contributed by atoms with Crippen LogP contribution in [0.25, 0.3) is 0 Å². The Morgan fingerprint density at radius 2 is 2.00 bits per heavy atom. The molecule has 0 bridgehead atoms. The van der Waals surface area contributed by atoms with Crippen LogP contribution >= 0.6 is 0 Å². The van der Waals surface area contributed by atoms with Crippen molar-refractivity contribution < 1.29 is 14.6 Å². The minimum absolute atomic E-state index is 0.0936. The van der Waals surface area contributed by atoms with E-state index in [1.54, 1.807) is 6.92 Å². The largest absolute Gasteiger partial charge is 0.460 e. The summed E-state index contributed by atoms with van der Waals surface area (Å²) in [6.45, 7) is 5.56. The smallest absolute Gasteiger partial charge is 0.336 e. The van der Waals surface area contributed by atoms with Gasteiger partial charge in [0.05, 0.1) is 0 Å². The summed E-state index contributed by atoms with van der Waals surface area (Å²) < 4.78 is 4.90. The molecule has 0 aliphatic heterocycles. The highest BCUT2D eigenvalue weighted by Crippen LogP contribution is 2.06. The van der Waals surface area contributed by atoms with Gasteiger partial charge in [-0.15, -0.1) is 0 Å². The summed E-state index contributed by atoms with van der Waals surface area (Å²) in [7, 11) is 0. The van der Waals surface area contributed by atoms with Crippen LogP contribution in [0.4, 0.5) is 0 Å². The van der Waals surface area contributed by atoms with Gasteiger partial charge in [0.1, 0.15) is 6.10 Å². The number of carbonyl (C=O) groups excluding carboxylic acids is 1. The van der Waals surface area contributed by atoms with Crippen molar-refractivity contribution in [1.29, 1.82) is 0 Å². The molecule has 12 heavy (non-hydrogen) atoms. The van der Waals surface area contributed by atoms with Crippen molar-refractivity contribution in [3.63, 3.8) is 0 Å². The molecular formula is C8H17NO3. The van der Waals surface area contributed by atoms with E-state index in [9.17, 15) is 4.79 Å². The van der Waals surface area contributed by atoms with Gasteiger partial charge in [-0.1, -0.05) is 13.8 Å². The van der Waals surface area contributed by atoms with Gasteiger partial charge < -0.3 is 15.6 Å². The quantitative estimate of drug-likeness (QED) is 0.585. The second kappa shape index (κ2) is 5.11. The molecule has 0 spiro atoms. The molecule has 0 aliphatic carbocycles. The molecule has 0 rings (SSSR count). The molecule has 2 unspecified atom stereocenters. The summed E-state index contributed by atoms with van der Waals surface area (Å²) in [5.74, 6) is -0.391. The molecule has 0 aromatic carbocycles. The maximum atomic E-state index is 10.9. The van der Waals surface area contributed by atoms with Crippen molar-refractivity contribution in [1.82, 2.24) is 0 Å². The molecule has 72 valence electrons. The van der Waals surface area contributed by atoms with Gasteiger partial charge in [0.2, 0.25) is 0 Å². The summed E-state index contributed by atoms with van der Waals surface area (Å²) in [5.41, 5.74) is 5.07. The Balaban J connectivity index is 3.84. The summed E-state index contributed by atoms with van der Waals surface area (Å²) in [5, 5.41) is 8.96. The summed E-state index contributed by atoms with van der Waals surface area (Å²) in [6.07, 6.45) is -1.37. The fourth-order valence-corrected chi connectivity index (χ4v) is 0.494. The highest BCUT2D eigenvalue weighted by atomic mass is 16.6. The topological polar surface area (TPSA) is 72.5 Å². The van der Waals surface area contributed by atoms with Crippen LogP contribution in [0.2, 0.25) is 0 Å². The van der Waals surface area contributed by atoms with Gasteiger partial charge in [-0.2, -0.15) is 0 Å². The Morgan fingerprint density at radius 1 is 1.50 bits per heavy atom. The van der Waals surface area contributed by atoms with Gasteiger partial charge in [0, 0.05) is 6.54 Å². The van der Waals surface area contributed by atoms with E-state index in [1.165, 1.54) is 0 Å². The zero-order valence-electron chi connectivity index (χ0n) is 7.78. The van der Waals surface area contributed by atoms with Crippen LogP contribution in [0.3, 0.4) is 0 Å². The lowest BCUT2D eigenvalue weighted by atomic mass is 10.1. The summed E-state index contributed by atoms with van der Waals surface area (Å²) in [4.78, 5) is 10.9. The zero-order valence-corrected chi connectivity index (χ0v) is 7.78. The fourth-order valence-electron chi connectivity index (χ4n) is 0.494. The molecule has 0 aromatic heterocycles. The van der Waals surface area contributed by atoms with Crippen LogP contribution < -0.4 is 5.73 Å². The third kappa shape index (κ3) is 3.69. The maximum absolute atomic E-state index is 10.9. The number of nitrogens with two attached hydrogens (primary N) is 1. The second-order valence-corrected chi connectivity index (χ2v) is 3.14. The zero-order chi connectivity index (χ0) is 9.72. The Hall–Kier alpha value is -0.610. The van der Waals surface area contributed by atoms with Gasteiger partial charge >= 0.3 is 5.97 Å². The lowest BCUT2D eigenvalue weighted by Gasteiger charge is -2.18. The van der Waals surface area contributed by atoms with Gasteiger partial charge in [-0.3, -0.25) is 0 Å². The van der Waals surface area contributed by atoms with E-state index in [0.717, 1.165) is 0 Å². The number of esters is 1. The molecule has 0 aliphatic rings. The Bertz CT molecular complexity index is 147. The highest BCUT2D eigenvalue weighted by molar-refractivity contribution is 5.74. The van der Waals surface area contributed by atoms with Crippen molar-refractivity contribution >= 4 is 5.97 Å². The van der Waals surface area contributed by atoms with E-state index in [2.05, 4.69) is 0 Å². The molecule has 2 atom stereocenters. The Kier molecular flexibility index (Phi) is 4.85. The van der Waals surface area contributed by atoms with Crippen LogP contribution in [-0.4, -0.2) is 29.8 Å². The fraction of sp³-hybridized carbons (Fsp3) is 0.875. The number of rotatable bonds is 4. The average Bonchev–Trinajstić information content (AvgIpc) is 2.02. The van der Waals surface area contributed by atoms with Crippen molar-refractivity contribution in [2.24, 2.45) is 11.7 Å². The molecule has 0 saturated carbocycles. The molecule has 0 radical (unpaired) electrons. The van der Waals surface area contributed by atoms with Gasteiger partial charge in [0.25, 0.3) is 0 Å². The number of aliphatic hydroxyl groups excluding tert-OH is 1. The lowest BCUT2D eigenvalue weighted by molar-refractivity contribution is -0.159. The molecule has 0 heterocycles. The predicted molar refractivity (Wildman–Crippen MR) is 45.5 cm³/mol. The van der Waals surface area contributed by atoms with E-state index in [-0.39, 0.29) is 18.6 Å². The first-order chi connectivity index (χ1) is 5.49. The Labute approximate surface area is 72.7 Å². The minimum Gasteiger partial charge on any atom is -0.460 e. The summed E-state index contributed by atoms with van der Waals surface area (Å²) >= 11 is 0. The van der Waals surface area contributed by atoms with Crippen LogP contribution in [-0.2, 0) is 9.53 Å². The van der Waals surface area contributed by atoms with Gasteiger partial charge in [-0.25, -0.2) is 4.79 Å². The summed E-state index contributed by atoms with van der Waals surface area (Å²) in [6, 6.07) is 0. The third-order valence-electron chi connectivity index (χ3n) is 1.74. The number of aliphatic hydroxyl groups is 1. The minimum atomic E-state index is -1.19. The molecular weight excluding hydrogens is 158 g/mol. The van der Waals surface area contributed by atoms with E-state index in [0.29, 0.717) is 0 Å². The number of carbonyl (C=O) groups is 1. The molecule has 0 amide bonds. The van der Waals surface area contributed by atoms with Crippen molar-refractivity contribution in [3.05, 3.63) is 0 Å². The van der Waals surface area contributed by atoms with E-state index >= 15 is 0 Å². The highest BCUT2D eigenvalue weighted by Gasteiger charge is 2.18. The van der Waals surface area contributed by atoms with Crippen molar-refractivity contribution in [2.45, 2.75) is 33.0 Å². The van der Waals surface area contributed by atoms with Crippen molar-refractivity contribution in [3.8, 4) is 0 Å².